The summed E-state index contributed by atoms with van der Waals surface area (Å²) in [4.78, 5) is 19.8. The summed E-state index contributed by atoms with van der Waals surface area (Å²) < 4.78 is 12.7. The number of aryl methyl sites for hydroxylation is 1. The first-order valence-corrected chi connectivity index (χ1v) is 9.82. The lowest BCUT2D eigenvalue weighted by atomic mass is 10.1. The van der Waals surface area contributed by atoms with Gasteiger partial charge in [0.15, 0.2) is 0 Å². The number of rotatable bonds is 6. The number of carbonyl (C=O) groups excluding carboxylic acids is 1. The van der Waals surface area contributed by atoms with Crippen molar-refractivity contribution >= 4 is 16.8 Å². The van der Waals surface area contributed by atoms with Crippen molar-refractivity contribution < 1.29 is 14.3 Å². The van der Waals surface area contributed by atoms with Gasteiger partial charge in [0, 0.05) is 43.8 Å². The van der Waals surface area contributed by atoms with Crippen LogP contribution in [0.4, 0.5) is 0 Å². The molecule has 0 radical (unpaired) electrons. The minimum atomic E-state index is -0.100. The highest BCUT2D eigenvalue weighted by Gasteiger charge is 2.25. The molecule has 0 bridgehead atoms. The average Bonchev–Trinajstić information content (AvgIpc) is 3.11. The number of nitrogens with zero attached hydrogens (tertiary/aromatic N) is 3. The molecule has 1 aromatic carbocycles. The maximum Gasteiger partial charge on any atom is 0.267 e. The average molecular weight is 394 g/mol. The van der Waals surface area contributed by atoms with Gasteiger partial charge in [0.05, 0.1) is 32.1 Å². The molecule has 7 heteroatoms. The van der Waals surface area contributed by atoms with E-state index in [0.29, 0.717) is 25.5 Å². The number of benzene rings is 1. The van der Waals surface area contributed by atoms with E-state index in [9.17, 15) is 4.79 Å². The molecule has 1 saturated heterocycles. The number of aromatic nitrogens is 2. The number of pyridine rings is 1. The molecule has 3 aromatic rings. The summed E-state index contributed by atoms with van der Waals surface area (Å²) in [5.74, 6) is 0.675. The van der Waals surface area contributed by atoms with E-state index in [-0.39, 0.29) is 11.9 Å². The number of nitrogens with one attached hydrogen (secondary N) is 1. The normalized spacial score (nSPS) is 15.9. The Morgan fingerprint density at radius 1 is 1.24 bits per heavy atom. The number of fused-ring (bicyclic) bond motifs is 1. The monoisotopic (exact) mass is 394 g/mol. The zero-order chi connectivity index (χ0) is 20.2. The molecule has 1 N–H and O–H groups in total. The molecule has 1 unspecified atom stereocenters. The summed E-state index contributed by atoms with van der Waals surface area (Å²) in [6.07, 6.45) is 1.79. The second-order valence-electron chi connectivity index (χ2n) is 7.14. The van der Waals surface area contributed by atoms with Gasteiger partial charge in [0.2, 0.25) is 0 Å². The smallest absolute Gasteiger partial charge is 0.267 e. The van der Waals surface area contributed by atoms with Crippen molar-refractivity contribution in [1.82, 2.24) is 19.8 Å². The number of hydrogen-bond acceptors (Lipinski definition) is 5. The Morgan fingerprint density at radius 3 is 2.79 bits per heavy atom. The molecule has 0 spiro atoms. The van der Waals surface area contributed by atoms with E-state index in [0.717, 1.165) is 35.4 Å². The van der Waals surface area contributed by atoms with Crippen molar-refractivity contribution in [3.8, 4) is 5.75 Å². The molecule has 2 aromatic heterocycles. The van der Waals surface area contributed by atoms with Crippen molar-refractivity contribution in [1.29, 1.82) is 0 Å². The summed E-state index contributed by atoms with van der Waals surface area (Å²) in [5, 5.41) is 4.09. The van der Waals surface area contributed by atoms with Gasteiger partial charge in [-0.3, -0.25) is 14.7 Å². The van der Waals surface area contributed by atoms with Crippen LogP contribution in [0.5, 0.6) is 5.75 Å². The molecule has 1 fully saturated rings. The highest BCUT2D eigenvalue weighted by Crippen LogP contribution is 2.24. The van der Waals surface area contributed by atoms with Crippen LogP contribution in [0, 0.1) is 0 Å². The molecule has 1 aliphatic heterocycles. The zero-order valence-electron chi connectivity index (χ0n) is 16.8. The van der Waals surface area contributed by atoms with Crippen LogP contribution in [0.15, 0.2) is 48.7 Å². The van der Waals surface area contributed by atoms with Crippen LogP contribution < -0.4 is 10.1 Å². The number of amides is 1. The van der Waals surface area contributed by atoms with E-state index in [1.54, 1.807) is 13.3 Å². The Kier molecular flexibility index (Phi) is 5.78. The minimum Gasteiger partial charge on any atom is -0.497 e. The third-order valence-corrected chi connectivity index (χ3v) is 5.45. The molecule has 4 rings (SSSR count). The lowest BCUT2D eigenvalue weighted by Crippen LogP contribution is -2.44. The van der Waals surface area contributed by atoms with E-state index in [1.165, 1.54) is 0 Å². The Bertz CT molecular complexity index is 980. The van der Waals surface area contributed by atoms with Crippen molar-refractivity contribution in [3.05, 3.63) is 60.0 Å². The molecule has 29 heavy (non-hydrogen) atoms. The van der Waals surface area contributed by atoms with Gasteiger partial charge in [0.25, 0.3) is 5.91 Å². The van der Waals surface area contributed by atoms with Gasteiger partial charge in [-0.05, 0) is 36.4 Å². The van der Waals surface area contributed by atoms with Gasteiger partial charge in [-0.25, -0.2) is 0 Å². The minimum absolute atomic E-state index is 0.0128. The number of methoxy groups -OCH3 is 1. The molecule has 0 saturated carbocycles. The largest absolute Gasteiger partial charge is 0.497 e. The Morgan fingerprint density at radius 2 is 2.07 bits per heavy atom. The van der Waals surface area contributed by atoms with Crippen LogP contribution in [0.3, 0.4) is 0 Å². The first kappa shape index (κ1) is 19.4. The Hall–Kier alpha value is -2.90. The fraction of sp³-hybridized carbons (Fsp3) is 0.364. The number of hydrogen-bond donors (Lipinski definition) is 1. The summed E-state index contributed by atoms with van der Waals surface area (Å²) >= 11 is 0. The SMILES string of the molecule is COc1ccc2c(c1)cc(C(=O)NCC(c1ccccn1)N1CCOCC1)n2C. The number of morpholine rings is 1. The summed E-state index contributed by atoms with van der Waals surface area (Å²) in [6.45, 7) is 3.53. The van der Waals surface area contributed by atoms with E-state index < -0.39 is 0 Å². The van der Waals surface area contributed by atoms with Crippen LogP contribution in [0.2, 0.25) is 0 Å². The molecule has 0 aliphatic carbocycles. The molecule has 1 amide bonds. The van der Waals surface area contributed by atoms with Crippen molar-refractivity contribution in [2.45, 2.75) is 6.04 Å². The van der Waals surface area contributed by atoms with Gasteiger partial charge < -0.3 is 19.4 Å². The molecular weight excluding hydrogens is 368 g/mol. The fourth-order valence-corrected chi connectivity index (χ4v) is 3.84. The first-order chi connectivity index (χ1) is 14.2. The summed E-state index contributed by atoms with van der Waals surface area (Å²) in [7, 11) is 3.54. The van der Waals surface area contributed by atoms with Gasteiger partial charge in [-0.1, -0.05) is 6.07 Å². The van der Waals surface area contributed by atoms with Gasteiger partial charge in [0.1, 0.15) is 11.4 Å². The maximum absolute atomic E-state index is 13.0. The molecule has 1 atom stereocenters. The molecular formula is C22H26N4O3. The van der Waals surface area contributed by atoms with Gasteiger partial charge in [-0.2, -0.15) is 0 Å². The van der Waals surface area contributed by atoms with Crippen molar-refractivity contribution in [2.24, 2.45) is 7.05 Å². The third kappa shape index (κ3) is 4.11. The predicted octanol–water partition coefficient (Wildman–Crippen LogP) is 2.39. The summed E-state index contributed by atoms with van der Waals surface area (Å²) in [5.41, 5.74) is 2.57. The zero-order valence-corrected chi connectivity index (χ0v) is 16.8. The van der Waals surface area contributed by atoms with Crippen LogP contribution >= 0.6 is 0 Å². The van der Waals surface area contributed by atoms with E-state index >= 15 is 0 Å². The number of carbonyl (C=O) groups is 1. The molecule has 152 valence electrons. The van der Waals surface area contributed by atoms with Crippen molar-refractivity contribution in [2.75, 3.05) is 40.0 Å². The predicted molar refractivity (Wildman–Crippen MR) is 111 cm³/mol. The molecule has 7 nitrogen and oxygen atoms in total. The Labute approximate surface area is 170 Å². The van der Waals surface area contributed by atoms with E-state index in [4.69, 9.17) is 9.47 Å². The lowest BCUT2D eigenvalue weighted by molar-refractivity contribution is 0.0153. The topological polar surface area (TPSA) is 68.6 Å². The van der Waals surface area contributed by atoms with E-state index in [1.807, 2.05) is 54.1 Å². The molecule has 3 heterocycles. The summed E-state index contributed by atoms with van der Waals surface area (Å²) in [6, 6.07) is 13.6. The van der Waals surface area contributed by atoms with Crippen LogP contribution in [-0.4, -0.2) is 60.3 Å². The van der Waals surface area contributed by atoms with Crippen LogP contribution in [0.25, 0.3) is 10.9 Å². The van der Waals surface area contributed by atoms with Crippen LogP contribution in [0.1, 0.15) is 22.2 Å². The maximum atomic E-state index is 13.0. The quantitative estimate of drug-likeness (QED) is 0.695. The van der Waals surface area contributed by atoms with Gasteiger partial charge in [-0.15, -0.1) is 0 Å². The second kappa shape index (κ2) is 8.63. The molecule has 1 aliphatic rings. The fourth-order valence-electron chi connectivity index (χ4n) is 3.84. The highest BCUT2D eigenvalue weighted by molar-refractivity contribution is 5.99. The number of ether oxygens (including phenoxy) is 2. The second-order valence-corrected chi connectivity index (χ2v) is 7.14. The lowest BCUT2D eigenvalue weighted by Gasteiger charge is -2.34. The first-order valence-electron chi connectivity index (χ1n) is 9.82. The highest BCUT2D eigenvalue weighted by atomic mass is 16.5. The van der Waals surface area contributed by atoms with E-state index in [2.05, 4.69) is 15.2 Å². The standard InChI is InChI=1S/C22H26N4O3/c1-25-19-7-6-17(28-2)13-16(19)14-20(25)22(27)24-15-21(18-5-3-4-8-23-18)26-9-11-29-12-10-26/h3-8,13-14,21H,9-12,15H2,1-2H3,(H,24,27). The third-order valence-electron chi connectivity index (χ3n) is 5.45. The van der Waals surface area contributed by atoms with Gasteiger partial charge >= 0.3 is 0 Å². The Balaban J connectivity index is 1.53. The van der Waals surface area contributed by atoms with Crippen LogP contribution in [-0.2, 0) is 11.8 Å². The van der Waals surface area contributed by atoms with Crippen molar-refractivity contribution in [3.63, 3.8) is 0 Å².